The zero-order valence-electron chi connectivity index (χ0n) is 10.9. The highest BCUT2D eigenvalue weighted by Crippen LogP contribution is 2.16. The molecule has 5 heteroatoms. The smallest absolute Gasteiger partial charge is 0.306 e. The summed E-state index contributed by atoms with van der Waals surface area (Å²) >= 11 is 7.33. The second-order valence-electron chi connectivity index (χ2n) is 3.96. The van der Waals surface area contributed by atoms with Gasteiger partial charge in [-0.2, -0.15) is 0 Å². The van der Waals surface area contributed by atoms with Gasteiger partial charge in [0.05, 0.1) is 18.8 Å². The Bertz CT molecular complexity index is 417. The molecule has 0 heterocycles. The van der Waals surface area contributed by atoms with Crippen LogP contribution in [0.25, 0.3) is 0 Å². The Morgan fingerprint density at radius 2 is 1.89 bits per heavy atom. The fourth-order valence-electron chi connectivity index (χ4n) is 1.41. The number of hydrogen-bond donors (Lipinski definition) is 0. The van der Waals surface area contributed by atoms with Crippen LogP contribution >= 0.6 is 23.4 Å². The van der Waals surface area contributed by atoms with Gasteiger partial charge in [0.15, 0.2) is 0 Å². The molecule has 19 heavy (non-hydrogen) atoms. The number of thioether (sulfide) groups is 1. The lowest BCUT2D eigenvalue weighted by molar-refractivity contribution is -0.144. The minimum atomic E-state index is -0.307. The fraction of sp³-hybridized carbons (Fsp3) is 0.429. The van der Waals surface area contributed by atoms with Crippen molar-refractivity contribution in [1.29, 1.82) is 0 Å². The van der Waals surface area contributed by atoms with E-state index in [-0.39, 0.29) is 24.6 Å². The van der Waals surface area contributed by atoms with Crippen molar-refractivity contribution in [2.24, 2.45) is 0 Å². The van der Waals surface area contributed by atoms with E-state index >= 15 is 0 Å². The lowest BCUT2D eigenvalue weighted by atomic mass is 10.2. The van der Waals surface area contributed by atoms with Gasteiger partial charge in [0.2, 0.25) is 0 Å². The molecule has 0 fully saturated rings. The quantitative estimate of drug-likeness (QED) is 0.689. The van der Waals surface area contributed by atoms with E-state index in [1.165, 1.54) is 0 Å². The number of hydrogen-bond acceptors (Lipinski definition) is 4. The molecule has 0 unspecified atom stereocenters. The van der Waals surface area contributed by atoms with Crippen LogP contribution < -0.4 is 0 Å². The second kappa shape index (κ2) is 8.99. The summed E-state index contributed by atoms with van der Waals surface area (Å²) in [5, 5.41) is 0.708. The number of carbonyl (C=O) groups is 2. The highest BCUT2D eigenvalue weighted by molar-refractivity contribution is 7.99. The number of halogens is 1. The molecule has 0 spiro atoms. The van der Waals surface area contributed by atoms with Crippen LogP contribution in [-0.2, 0) is 20.1 Å². The molecule has 1 aromatic carbocycles. The highest BCUT2D eigenvalue weighted by Gasteiger charge is 2.07. The molecule has 0 aliphatic carbocycles. The summed E-state index contributed by atoms with van der Waals surface area (Å²) in [5.74, 6) is 0.954. The Morgan fingerprint density at radius 1 is 1.21 bits per heavy atom. The molecular formula is C14H17ClO3S. The van der Waals surface area contributed by atoms with Gasteiger partial charge >= 0.3 is 5.97 Å². The number of benzene rings is 1. The third-order valence-corrected chi connectivity index (χ3v) is 3.67. The van der Waals surface area contributed by atoms with Crippen molar-refractivity contribution in [2.45, 2.75) is 25.5 Å². The summed E-state index contributed by atoms with van der Waals surface area (Å²) in [7, 11) is 0. The number of ether oxygens (including phenoxy) is 1. The Hall–Kier alpha value is -1.00. The van der Waals surface area contributed by atoms with Gasteiger partial charge in [-0.05, 0) is 24.6 Å². The molecular weight excluding hydrogens is 284 g/mol. The minimum Gasteiger partial charge on any atom is -0.466 e. The Labute approximate surface area is 122 Å². The Kier molecular flexibility index (Phi) is 7.60. The Balaban J connectivity index is 2.16. The summed E-state index contributed by atoms with van der Waals surface area (Å²) in [6.07, 6.45) is 0.431. The van der Waals surface area contributed by atoms with Crippen molar-refractivity contribution >= 4 is 35.1 Å². The zero-order chi connectivity index (χ0) is 14.1. The van der Waals surface area contributed by atoms with Crippen molar-refractivity contribution < 1.29 is 14.3 Å². The monoisotopic (exact) mass is 300 g/mol. The first-order valence-corrected chi connectivity index (χ1v) is 7.64. The van der Waals surface area contributed by atoms with Crippen molar-refractivity contribution in [1.82, 2.24) is 0 Å². The standard InChI is InChI=1S/C14H17ClO3S/c1-2-18-14(17)8-7-13(16)10-19-9-11-3-5-12(15)6-4-11/h3-6H,2,7-10H2,1H3. The zero-order valence-corrected chi connectivity index (χ0v) is 12.4. The summed E-state index contributed by atoms with van der Waals surface area (Å²) < 4.78 is 4.77. The van der Waals surface area contributed by atoms with E-state index in [0.29, 0.717) is 17.4 Å². The molecule has 0 aliphatic rings. The van der Waals surface area contributed by atoms with Gasteiger partial charge in [0.1, 0.15) is 5.78 Å². The molecule has 0 radical (unpaired) electrons. The molecule has 3 nitrogen and oxygen atoms in total. The SMILES string of the molecule is CCOC(=O)CCC(=O)CSCc1ccc(Cl)cc1. The highest BCUT2D eigenvalue weighted by atomic mass is 35.5. The fourth-order valence-corrected chi connectivity index (χ4v) is 2.44. The molecule has 0 aliphatic heterocycles. The maximum absolute atomic E-state index is 11.5. The van der Waals surface area contributed by atoms with Crippen LogP contribution in [0.4, 0.5) is 0 Å². The molecule has 0 aromatic heterocycles. The van der Waals surface area contributed by atoms with E-state index in [9.17, 15) is 9.59 Å². The predicted molar refractivity (Wildman–Crippen MR) is 78.5 cm³/mol. The van der Waals surface area contributed by atoms with Gasteiger partial charge in [0.25, 0.3) is 0 Å². The maximum atomic E-state index is 11.5. The molecule has 0 saturated heterocycles. The second-order valence-corrected chi connectivity index (χ2v) is 5.38. The molecule has 0 atom stereocenters. The van der Waals surface area contributed by atoms with E-state index < -0.39 is 0 Å². The Morgan fingerprint density at radius 3 is 2.53 bits per heavy atom. The van der Waals surface area contributed by atoms with E-state index in [1.807, 2.05) is 24.3 Å². The number of Topliss-reactive ketones (excluding diaryl/α,β-unsaturated/α-hetero) is 1. The van der Waals surface area contributed by atoms with Gasteiger partial charge in [-0.25, -0.2) is 0 Å². The number of rotatable bonds is 8. The van der Waals surface area contributed by atoms with Crippen LogP contribution in [0.2, 0.25) is 5.02 Å². The van der Waals surface area contributed by atoms with Crippen molar-refractivity contribution in [3.63, 3.8) is 0 Å². The van der Waals surface area contributed by atoms with Crippen LogP contribution in [0.15, 0.2) is 24.3 Å². The summed E-state index contributed by atoms with van der Waals surface area (Å²) in [6, 6.07) is 7.55. The lowest BCUT2D eigenvalue weighted by Crippen LogP contribution is -2.09. The lowest BCUT2D eigenvalue weighted by Gasteiger charge is -2.03. The van der Waals surface area contributed by atoms with Gasteiger partial charge in [-0.15, -0.1) is 11.8 Å². The first-order valence-electron chi connectivity index (χ1n) is 6.11. The number of esters is 1. The van der Waals surface area contributed by atoms with E-state index in [1.54, 1.807) is 18.7 Å². The first kappa shape index (κ1) is 16.1. The van der Waals surface area contributed by atoms with Crippen LogP contribution in [0.3, 0.4) is 0 Å². The average molecular weight is 301 g/mol. The molecule has 0 amide bonds. The predicted octanol–water partition coefficient (Wildman–Crippen LogP) is 3.49. The third kappa shape index (κ3) is 7.23. The molecule has 1 aromatic rings. The minimum absolute atomic E-state index is 0.0759. The van der Waals surface area contributed by atoms with Gasteiger partial charge in [0, 0.05) is 17.2 Å². The van der Waals surface area contributed by atoms with E-state index in [0.717, 1.165) is 11.3 Å². The first-order chi connectivity index (χ1) is 9.11. The molecule has 104 valence electrons. The molecule has 0 N–H and O–H groups in total. The number of ketones is 1. The maximum Gasteiger partial charge on any atom is 0.306 e. The summed E-state index contributed by atoms with van der Waals surface area (Å²) in [5.41, 5.74) is 1.13. The normalized spacial score (nSPS) is 10.2. The van der Waals surface area contributed by atoms with Crippen LogP contribution in [-0.4, -0.2) is 24.1 Å². The van der Waals surface area contributed by atoms with Crippen molar-refractivity contribution in [3.8, 4) is 0 Å². The number of carbonyl (C=O) groups excluding carboxylic acids is 2. The topological polar surface area (TPSA) is 43.4 Å². The van der Waals surface area contributed by atoms with Crippen LogP contribution in [0.1, 0.15) is 25.3 Å². The van der Waals surface area contributed by atoms with Gasteiger partial charge < -0.3 is 4.74 Å². The molecule has 0 saturated carbocycles. The largest absolute Gasteiger partial charge is 0.466 e. The van der Waals surface area contributed by atoms with E-state index in [2.05, 4.69) is 0 Å². The van der Waals surface area contributed by atoms with Crippen molar-refractivity contribution in [2.75, 3.05) is 12.4 Å². The molecule has 0 bridgehead atoms. The average Bonchev–Trinajstić information content (AvgIpc) is 2.39. The summed E-state index contributed by atoms with van der Waals surface area (Å²) in [4.78, 5) is 22.6. The van der Waals surface area contributed by atoms with Crippen LogP contribution in [0, 0.1) is 0 Å². The third-order valence-electron chi connectivity index (χ3n) is 2.36. The van der Waals surface area contributed by atoms with Gasteiger partial charge in [-0.3, -0.25) is 9.59 Å². The van der Waals surface area contributed by atoms with Gasteiger partial charge in [-0.1, -0.05) is 23.7 Å². The molecule has 1 rings (SSSR count). The van der Waals surface area contributed by atoms with E-state index in [4.69, 9.17) is 16.3 Å². The summed E-state index contributed by atoms with van der Waals surface area (Å²) in [6.45, 7) is 2.11. The van der Waals surface area contributed by atoms with Crippen molar-refractivity contribution in [3.05, 3.63) is 34.9 Å². The van der Waals surface area contributed by atoms with Crippen LogP contribution in [0.5, 0.6) is 0 Å².